The molecule has 0 aliphatic carbocycles. The van der Waals surface area contributed by atoms with Gasteiger partial charge in [0.25, 0.3) is 0 Å². The van der Waals surface area contributed by atoms with E-state index in [1.54, 1.807) is 24.3 Å². The molecule has 0 aromatic heterocycles. The van der Waals surface area contributed by atoms with Gasteiger partial charge < -0.3 is 20.1 Å². The molecule has 0 spiro atoms. The maximum atomic E-state index is 11.5. The van der Waals surface area contributed by atoms with Gasteiger partial charge in [-0.15, -0.1) is 0 Å². The van der Waals surface area contributed by atoms with Crippen molar-refractivity contribution < 1.29 is 23.9 Å². The number of carbonyl (C=O) groups is 3. The number of carbonyl (C=O) groups excluding carboxylic acids is 3. The quantitative estimate of drug-likeness (QED) is 0.742. The summed E-state index contributed by atoms with van der Waals surface area (Å²) in [5.41, 5.74) is 0.791. The fourth-order valence-corrected chi connectivity index (χ4v) is 1.55. The molecule has 0 unspecified atom stereocenters. The molecule has 1 rings (SSSR count). The summed E-state index contributed by atoms with van der Waals surface area (Å²) in [4.78, 5) is 33.4. The molecule has 0 saturated carbocycles. The van der Waals surface area contributed by atoms with Crippen LogP contribution in [-0.4, -0.2) is 31.1 Å². The summed E-state index contributed by atoms with van der Waals surface area (Å²) in [6, 6.07) is 6.59. The van der Waals surface area contributed by atoms with Gasteiger partial charge in [-0.1, -0.05) is 12.1 Å². The number of benzene rings is 1. The Kier molecular flexibility index (Phi) is 7.45. The third-order valence-corrected chi connectivity index (χ3v) is 2.57. The summed E-state index contributed by atoms with van der Waals surface area (Å²) >= 11 is 0. The van der Waals surface area contributed by atoms with E-state index in [1.165, 1.54) is 6.92 Å². The first-order valence-electron chi connectivity index (χ1n) is 6.96. The zero-order valence-corrected chi connectivity index (χ0v) is 12.7. The molecule has 7 heteroatoms. The van der Waals surface area contributed by atoms with Crippen LogP contribution in [-0.2, 0) is 20.9 Å². The highest BCUT2D eigenvalue weighted by Gasteiger charge is 2.06. The van der Waals surface area contributed by atoms with Crippen molar-refractivity contribution in [2.75, 3.05) is 13.1 Å². The zero-order valence-electron chi connectivity index (χ0n) is 12.7. The highest BCUT2D eigenvalue weighted by atomic mass is 16.6. The lowest BCUT2D eigenvalue weighted by Crippen LogP contribution is -2.32. The van der Waals surface area contributed by atoms with E-state index in [2.05, 4.69) is 10.6 Å². The summed E-state index contributed by atoms with van der Waals surface area (Å²) < 4.78 is 9.89. The van der Waals surface area contributed by atoms with Crippen molar-refractivity contribution in [2.24, 2.45) is 0 Å². The molecule has 0 saturated heterocycles. The topological polar surface area (TPSA) is 93.7 Å². The lowest BCUT2D eigenvalue weighted by atomic mass is 10.2. The van der Waals surface area contributed by atoms with E-state index in [-0.39, 0.29) is 31.4 Å². The van der Waals surface area contributed by atoms with Crippen LogP contribution in [0.25, 0.3) is 0 Å². The lowest BCUT2D eigenvalue weighted by Gasteiger charge is -2.07. The largest absolute Gasteiger partial charge is 0.461 e. The van der Waals surface area contributed by atoms with Gasteiger partial charge in [0.2, 0.25) is 5.91 Å². The molecular weight excluding hydrogens is 288 g/mol. The number of hydrogen-bond donors (Lipinski definition) is 2. The predicted octanol–water partition coefficient (Wildman–Crippen LogP) is 1.36. The smallest absolute Gasteiger partial charge is 0.412 e. The van der Waals surface area contributed by atoms with Crippen molar-refractivity contribution in [2.45, 2.75) is 26.9 Å². The molecule has 1 aromatic carbocycles. The summed E-state index contributed by atoms with van der Waals surface area (Å²) in [5.74, 6) is -0.119. The number of hydrogen-bond acceptors (Lipinski definition) is 5. The van der Waals surface area contributed by atoms with Gasteiger partial charge in [-0.3, -0.25) is 9.59 Å². The van der Waals surface area contributed by atoms with Crippen molar-refractivity contribution in [3.8, 4) is 5.75 Å². The number of esters is 1. The second kappa shape index (κ2) is 9.38. The van der Waals surface area contributed by atoms with E-state index in [9.17, 15) is 14.4 Å². The normalized spacial score (nSPS) is 9.73. The Hall–Kier alpha value is -2.57. The van der Waals surface area contributed by atoms with Gasteiger partial charge in [-0.25, -0.2) is 4.79 Å². The third-order valence-electron chi connectivity index (χ3n) is 2.57. The van der Waals surface area contributed by atoms with Crippen LogP contribution in [0.1, 0.15) is 25.8 Å². The molecule has 1 aromatic rings. The predicted molar refractivity (Wildman–Crippen MR) is 79.2 cm³/mol. The van der Waals surface area contributed by atoms with Crippen LogP contribution in [0.4, 0.5) is 4.79 Å². The van der Waals surface area contributed by atoms with Gasteiger partial charge in [0, 0.05) is 26.4 Å². The molecule has 0 aliphatic rings. The van der Waals surface area contributed by atoms with Gasteiger partial charge in [0.15, 0.2) is 0 Å². The monoisotopic (exact) mass is 308 g/mol. The van der Waals surface area contributed by atoms with E-state index in [4.69, 9.17) is 9.47 Å². The van der Waals surface area contributed by atoms with Crippen molar-refractivity contribution in [3.05, 3.63) is 29.8 Å². The van der Waals surface area contributed by atoms with E-state index >= 15 is 0 Å². The molecule has 2 N–H and O–H groups in total. The lowest BCUT2D eigenvalue weighted by molar-refractivity contribution is -0.142. The molecular formula is C15H20N2O5. The minimum Gasteiger partial charge on any atom is -0.461 e. The van der Waals surface area contributed by atoms with Gasteiger partial charge in [0.1, 0.15) is 12.4 Å². The van der Waals surface area contributed by atoms with E-state index < -0.39 is 6.09 Å². The average molecular weight is 308 g/mol. The number of rotatable bonds is 7. The minimum atomic E-state index is -0.628. The summed E-state index contributed by atoms with van der Waals surface area (Å²) in [6.45, 7) is 4.10. The fourth-order valence-electron chi connectivity index (χ4n) is 1.55. The van der Waals surface area contributed by atoms with Gasteiger partial charge in [-0.05, 0) is 24.6 Å². The standard InChI is InChI=1S/C15H20N2O5/c1-3-16-14(19)8-9-17-15(20)22-13-6-4-12(5-7-13)10-21-11(2)18/h4-7H,3,8-10H2,1-2H3,(H,16,19)(H,17,20). The maximum absolute atomic E-state index is 11.5. The maximum Gasteiger partial charge on any atom is 0.412 e. The van der Waals surface area contributed by atoms with Crippen LogP contribution in [0, 0.1) is 0 Å². The Morgan fingerprint density at radius 1 is 1.09 bits per heavy atom. The van der Waals surface area contributed by atoms with Crippen LogP contribution in [0.5, 0.6) is 5.75 Å². The fraction of sp³-hybridized carbons (Fsp3) is 0.400. The molecule has 7 nitrogen and oxygen atoms in total. The average Bonchev–Trinajstić information content (AvgIpc) is 2.46. The van der Waals surface area contributed by atoms with Gasteiger partial charge >= 0.3 is 12.1 Å². The Bertz CT molecular complexity index is 513. The van der Waals surface area contributed by atoms with Crippen LogP contribution in [0.2, 0.25) is 0 Å². The Morgan fingerprint density at radius 3 is 2.36 bits per heavy atom. The van der Waals surface area contributed by atoms with Gasteiger partial charge in [-0.2, -0.15) is 0 Å². The SMILES string of the molecule is CCNC(=O)CCNC(=O)Oc1ccc(COC(C)=O)cc1. The third kappa shape index (κ3) is 7.28. The molecule has 0 aliphatic heterocycles. The molecule has 0 atom stereocenters. The molecule has 2 amide bonds. The van der Waals surface area contributed by atoms with E-state index in [1.807, 2.05) is 6.92 Å². The minimum absolute atomic E-state index is 0.127. The molecule has 120 valence electrons. The first-order chi connectivity index (χ1) is 10.5. The Morgan fingerprint density at radius 2 is 1.77 bits per heavy atom. The molecule has 22 heavy (non-hydrogen) atoms. The summed E-state index contributed by atoms with van der Waals surface area (Å²) in [7, 11) is 0. The van der Waals surface area contributed by atoms with Gasteiger partial charge in [0.05, 0.1) is 0 Å². The van der Waals surface area contributed by atoms with Crippen LogP contribution in [0.15, 0.2) is 24.3 Å². The first kappa shape index (κ1) is 17.5. The van der Waals surface area contributed by atoms with Crippen molar-refractivity contribution >= 4 is 18.0 Å². The second-order valence-electron chi connectivity index (χ2n) is 4.44. The Labute approximate surface area is 129 Å². The number of ether oxygens (including phenoxy) is 2. The van der Waals surface area contributed by atoms with Crippen LogP contribution < -0.4 is 15.4 Å². The van der Waals surface area contributed by atoms with Crippen molar-refractivity contribution in [1.29, 1.82) is 0 Å². The first-order valence-corrected chi connectivity index (χ1v) is 6.96. The number of nitrogens with one attached hydrogen (secondary N) is 2. The second-order valence-corrected chi connectivity index (χ2v) is 4.44. The van der Waals surface area contributed by atoms with E-state index in [0.29, 0.717) is 12.3 Å². The van der Waals surface area contributed by atoms with Crippen molar-refractivity contribution in [3.63, 3.8) is 0 Å². The summed E-state index contributed by atoms with van der Waals surface area (Å²) in [5, 5.41) is 5.11. The summed E-state index contributed by atoms with van der Waals surface area (Å²) in [6.07, 6.45) is -0.429. The molecule has 0 bridgehead atoms. The van der Waals surface area contributed by atoms with Crippen molar-refractivity contribution in [1.82, 2.24) is 10.6 Å². The molecule has 0 radical (unpaired) electrons. The van der Waals surface area contributed by atoms with Crippen LogP contribution >= 0.6 is 0 Å². The number of amides is 2. The molecule has 0 heterocycles. The Balaban J connectivity index is 2.32. The van der Waals surface area contributed by atoms with Crippen LogP contribution in [0.3, 0.4) is 0 Å². The zero-order chi connectivity index (χ0) is 16.4. The molecule has 0 fully saturated rings. The highest BCUT2D eigenvalue weighted by Crippen LogP contribution is 2.13. The highest BCUT2D eigenvalue weighted by molar-refractivity contribution is 5.77. The van der Waals surface area contributed by atoms with E-state index in [0.717, 1.165) is 5.56 Å².